The molecule has 0 aliphatic rings. The number of hydrogen-bond acceptors (Lipinski definition) is 2. The lowest BCUT2D eigenvalue weighted by Crippen LogP contribution is -2.56. The fourth-order valence-corrected chi connectivity index (χ4v) is 3.10. The zero-order chi connectivity index (χ0) is 20.4. The number of rotatable bonds is 9. The van der Waals surface area contributed by atoms with E-state index in [0.717, 1.165) is 32.1 Å². The Morgan fingerprint density at radius 2 is 1.78 bits per heavy atom. The summed E-state index contributed by atoms with van der Waals surface area (Å²) in [4.78, 5) is 12.1. The van der Waals surface area contributed by atoms with E-state index in [-0.39, 0.29) is 11.0 Å². The van der Waals surface area contributed by atoms with Crippen molar-refractivity contribution in [2.45, 2.75) is 55.4 Å². The van der Waals surface area contributed by atoms with Crippen LogP contribution in [0.1, 0.15) is 45.4 Å². The third kappa shape index (κ3) is 10.2. The number of benzene rings is 1. The number of carbonyl (C=O) groups is 1. The van der Waals surface area contributed by atoms with Crippen molar-refractivity contribution in [3.63, 3.8) is 0 Å². The number of nitrogens with one attached hydrogen (secondary N) is 3. The van der Waals surface area contributed by atoms with Gasteiger partial charge in [-0.3, -0.25) is 4.79 Å². The van der Waals surface area contributed by atoms with Gasteiger partial charge >= 0.3 is 0 Å². The first-order valence-corrected chi connectivity index (χ1v) is 10.8. The number of alkyl halides is 3. The third-order valence-corrected chi connectivity index (χ3v) is 5.03. The van der Waals surface area contributed by atoms with E-state index in [1.165, 1.54) is 0 Å². The summed E-state index contributed by atoms with van der Waals surface area (Å²) < 4.78 is -1.80. The first-order chi connectivity index (χ1) is 12.6. The first kappa shape index (κ1) is 24.9. The predicted molar refractivity (Wildman–Crippen MR) is 121 cm³/mol. The average Bonchev–Trinajstić information content (AvgIpc) is 2.56. The Hall–Kier alpha value is -0.170. The second kappa shape index (κ2) is 12.4. The molecule has 1 aromatic carbocycles. The van der Waals surface area contributed by atoms with Crippen molar-refractivity contribution in [2.75, 3.05) is 5.32 Å². The topological polar surface area (TPSA) is 53.2 Å². The van der Waals surface area contributed by atoms with Crippen molar-refractivity contribution in [3.05, 3.63) is 28.2 Å². The minimum absolute atomic E-state index is 0.124. The number of halogens is 5. The Morgan fingerprint density at radius 3 is 2.41 bits per heavy atom. The van der Waals surface area contributed by atoms with Gasteiger partial charge in [0.1, 0.15) is 6.17 Å². The molecule has 0 aliphatic heterocycles. The zero-order valence-electron chi connectivity index (χ0n) is 14.8. The van der Waals surface area contributed by atoms with Gasteiger partial charge in [0.05, 0.1) is 10.7 Å². The van der Waals surface area contributed by atoms with Crippen LogP contribution in [0.15, 0.2) is 18.2 Å². The molecule has 1 amide bonds. The van der Waals surface area contributed by atoms with Gasteiger partial charge in [-0.05, 0) is 36.8 Å². The molecule has 3 N–H and O–H groups in total. The highest BCUT2D eigenvalue weighted by atomic mass is 35.6. The van der Waals surface area contributed by atoms with E-state index in [2.05, 4.69) is 22.9 Å². The summed E-state index contributed by atoms with van der Waals surface area (Å²) in [6.45, 7) is 2.14. The van der Waals surface area contributed by atoms with Crippen LogP contribution >= 0.6 is 70.2 Å². The van der Waals surface area contributed by atoms with E-state index in [1.807, 2.05) is 0 Å². The van der Waals surface area contributed by atoms with Crippen LogP contribution in [0.25, 0.3) is 0 Å². The van der Waals surface area contributed by atoms with Crippen LogP contribution in [0.2, 0.25) is 10.0 Å². The first-order valence-electron chi connectivity index (χ1n) is 8.52. The van der Waals surface area contributed by atoms with Crippen molar-refractivity contribution < 1.29 is 4.79 Å². The lowest BCUT2D eigenvalue weighted by Gasteiger charge is -2.28. The molecule has 1 atom stereocenters. The highest BCUT2D eigenvalue weighted by Gasteiger charge is 2.34. The monoisotopic (exact) mass is 491 g/mol. The highest BCUT2D eigenvalue weighted by Crippen LogP contribution is 2.30. The Kier molecular flexibility index (Phi) is 11.4. The molecule has 4 nitrogen and oxygen atoms in total. The largest absolute Gasteiger partial charge is 0.339 e. The molecule has 0 heterocycles. The van der Waals surface area contributed by atoms with Gasteiger partial charge in [-0.25, -0.2) is 0 Å². The molecular formula is C17H22Cl5N3OS. The number of anilines is 1. The molecule has 0 fully saturated rings. The smallest absolute Gasteiger partial charge is 0.228 e. The molecule has 0 radical (unpaired) electrons. The molecule has 0 unspecified atom stereocenters. The molecule has 0 aliphatic carbocycles. The van der Waals surface area contributed by atoms with Crippen LogP contribution in [0, 0.1) is 0 Å². The predicted octanol–water partition coefficient (Wildman–Crippen LogP) is 6.45. The fourth-order valence-electron chi connectivity index (χ4n) is 2.20. The van der Waals surface area contributed by atoms with Crippen LogP contribution in [-0.4, -0.2) is 21.0 Å². The Labute approximate surface area is 190 Å². The zero-order valence-corrected chi connectivity index (χ0v) is 19.4. The van der Waals surface area contributed by atoms with Gasteiger partial charge in [-0.15, -0.1) is 0 Å². The molecule has 1 aromatic rings. The van der Waals surface area contributed by atoms with Crippen molar-refractivity contribution in [3.8, 4) is 0 Å². The van der Waals surface area contributed by atoms with Crippen LogP contribution in [0.4, 0.5) is 5.69 Å². The van der Waals surface area contributed by atoms with Gasteiger partial charge in [-0.2, -0.15) is 0 Å². The molecule has 10 heteroatoms. The maximum Gasteiger partial charge on any atom is 0.228 e. The standard InChI is InChI=1S/C17H22Cl5N3OS/c1-2-3-4-5-6-7-14(26)24-15(17(20,21)22)25-16(27)23-13-10-11(18)8-9-12(13)19/h8-10,15H,2-7H2,1H3,(H,24,26)(H2,23,25,27)/t15-/m0/s1. The fraction of sp³-hybridized carbons (Fsp3) is 0.529. The molecule has 0 spiro atoms. The van der Waals surface area contributed by atoms with E-state index in [0.29, 0.717) is 22.2 Å². The Morgan fingerprint density at radius 1 is 1.11 bits per heavy atom. The number of carbonyl (C=O) groups excluding carboxylic acids is 1. The van der Waals surface area contributed by atoms with E-state index in [9.17, 15) is 4.79 Å². The van der Waals surface area contributed by atoms with Gasteiger partial charge in [0.25, 0.3) is 0 Å². The van der Waals surface area contributed by atoms with Gasteiger partial charge in [0, 0.05) is 11.4 Å². The van der Waals surface area contributed by atoms with Crippen LogP contribution < -0.4 is 16.0 Å². The van der Waals surface area contributed by atoms with Crippen molar-refractivity contribution in [1.29, 1.82) is 0 Å². The Bertz CT molecular complexity index is 639. The van der Waals surface area contributed by atoms with Crippen LogP contribution in [-0.2, 0) is 4.79 Å². The summed E-state index contributed by atoms with van der Waals surface area (Å²) in [7, 11) is 0. The summed E-state index contributed by atoms with van der Waals surface area (Å²) in [6.07, 6.45) is 4.51. The maximum absolute atomic E-state index is 12.1. The molecular weight excluding hydrogens is 472 g/mol. The second-order valence-electron chi connectivity index (χ2n) is 5.93. The summed E-state index contributed by atoms with van der Waals surface area (Å²) in [6, 6.07) is 4.88. The molecule has 0 saturated heterocycles. The molecule has 27 heavy (non-hydrogen) atoms. The lowest BCUT2D eigenvalue weighted by molar-refractivity contribution is -0.122. The molecule has 1 rings (SSSR count). The SMILES string of the molecule is CCCCCCCC(=O)N[C@@H](NC(=S)Nc1cc(Cl)ccc1Cl)C(Cl)(Cl)Cl. The van der Waals surface area contributed by atoms with Gasteiger partial charge in [0.15, 0.2) is 5.11 Å². The number of hydrogen-bond donors (Lipinski definition) is 3. The summed E-state index contributed by atoms with van der Waals surface area (Å²) in [5, 5.41) is 9.34. The molecule has 0 aromatic heterocycles. The van der Waals surface area contributed by atoms with Crippen molar-refractivity contribution >= 4 is 86.9 Å². The number of thiocarbonyl (C=S) groups is 1. The molecule has 0 saturated carbocycles. The highest BCUT2D eigenvalue weighted by molar-refractivity contribution is 7.80. The second-order valence-corrected chi connectivity index (χ2v) is 9.55. The molecule has 152 valence electrons. The number of unbranched alkanes of at least 4 members (excludes halogenated alkanes) is 4. The summed E-state index contributed by atoms with van der Waals surface area (Å²) in [5.41, 5.74) is 0.493. The number of amides is 1. The van der Waals surface area contributed by atoms with Gasteiger partial charge < -0.3 is 16.0 Å². The van der Waals surface area contributed by atoms with Crippen LogP contribution in [0.5, 0.6) is 0 Å². The third-order valence-electron chi connectivity index (χ3n) is 3.59. The van der Waals surface area contributed by atoms with E-state index < -0.39 is 9.96 Å². The van der Waals surface area contributed by atoms with Crippen molar-refractivity contribution in [1.82, 2.24) is 10.6 Å². The quantitative estimate of drug-likeness (QED) is 0.160. The summed E-state index contributed by atoms with van der Waals surface area (Å²) >= 11 is 35.2. The summed E-state index contributed by atoms with van der Waals surface area (Å²) in [5.74, 6) is -0.223. The normalized spacial score (nSPS) is 12.4. The Balaban J connectivity index is 2.60. The van der Waals surface area contributed by atoms with E-state index in [1.54, 1.807) is 18.2 Å². The van der Waals surface area contributed by atoms with Gasteiger partial charge in [0.2, 0.25) is 9.70 Å². The molecule has 0 bridgehead atoms. The minimum Gasteiger partial charge on any atom is -0.339 e. The van der Waals surface area contributed by atoms with E-state index in [4.69, 9.17) is 70.2 Å². The van der Waals surface area contributed by atoms with Crippen LogP contribution in [0.3, 0.4) is 0 Å². The maximum atomic E-state index is 12.1. The van der Waals surface area contributed by atoms with Crippen molar-refractivity contribution in [2.24, 2.45) is 0 Å². The van der Waals surface area contributed by atoms with Gasteiger partial charge in [-0.1, -0.05) is 90.6 Å². The van der Waals surface area contributed by atoms with E-state index >= 15 is 0 Å². The average molecular weight is 494 g/mol. The minimum atomic E-state index is -1.80. The lowest BCUT2D eigenvalue weighted by atomic mass is 10.1.